The molecule has 13 heteroatoms. The van der Waals surface area contributed by atoms with E-state index in [2.05, 4.69) is 10.3 Å². The van der Waals surface area contributed by atoms with E-state index >= 15 is 0 Å². The Balaban J connectivity index is 0.00000392. The van der Waals surface area contributed by atoms with E-state index in [0.717, 1.165) is 0 Å². The summed E-state index contributed by atoms with van der Waals surface area (Å²) in [6.07, 6.45) is 1.20. The lowest BCUT2D eigenvalue weighted by molar-refractivity contribution is -0.118. The van der Waals surface area contributed by atoms with E-state index < -0.39 is 21.5 Å². The van der Waals surface area contributed by atoms with Crippen LogP contribution in [-0.4, -0.2) is 62.5 Å². The van der Waals surface area contributed by atoms with Gasteiger partial charge in [-0.25, -0.2) is 0 Å². The molecule has 0 saturated heterocycles. The monoisotopic (exact) mass is 435 g/mol. The first-order valence-corrected chi connectivity index (χ1v) is 9.20. The van der Waals surface area contributed by atoms with Crippen LogP contribution < -0.4 is 26.3 Å². The number of amides is 1. The highest BCUT2D eigenvalue weighted by Crippen LogP contribution is 2.34. The van der Waals surface area contributed by atoms with Gasteiger partial charge in [-0.15, -0.1) is 12.4 Å². The van der Waals surface area contributed by atoms with Crippen LogP contribution in [0.3, 0.4) is 0 Å². The van der Waals surface area contributed by atoms with Gasteiger partial charge in [-0.2, -0.15) is 8.42 Å². The highest BCUT2D eigenvalue weighted by Gasteiger charge is 2.37. The number of guanidine groups is 1. The van der Waals surface area contributed by atoms with Crippen molar-refractivity contribution in [1.82, 2.24) is 10.2 Å². The second-order valence-electron chi connectivity index (χ2n) is 5.47. The zero-order valence-corrected chi connectivity index (χ0v) is 16.8. The molecular formula is C15H22ClN5O6S. The molecule has 1 aromatic rings. The maximum atomic E-state index is 12.0. The average molecular weight is 436 g/mol. The summed E-state index contributed by atoms with van der Waals surface area (Å²) in [6, 6.07) is 4.82. The number of nitrogens with one attached hydrogen (secondary N) is 1. The number of hydrogen-bond acceptors (Lipinski definition) is 7. The Labute approximate surface area is 168 Å². The molecule has 1 aromatic carbocycles. The number of benzene rings is 1. The van der Waals surface area contributed by atoms with Crippen LogP contribution in [0, 0.1) is 0 Å². The molecule has 0 aliphatic carbocycles. The molecule has 0 saturated carbocycles. The molecule has 1 atom stereocenters. The average Bonchev–Trinajstić information content (AvgIpc) is 2.60. The van der Waals surface area contributed by atoms with E-state index in [1.54, 1.807) is 18.2 Å². The lowest BCUT2D eigenvalue weighted by Gasteiger charge is -2.36. The van der Waals surface area contributed by atoms with Gasteiger partial charge in [0, 0.05) is 24.3 Å². The van der Waals surface area contributed by atoms with Crippen molar-refractivity contribution in [3.8, 4) is 11.5 Å². The minimum atomic E-state index is -4.66. The molecule has 156 valence electrons. The van der Waals surface area contributed by atoms with E-state index in [1.165, 1.54) is 25.2 Å². The van der Waals surface area contributed by atoms with Crippen LogP contribution in [0.15, 0.2) is 29.3 Å². The van der Waals surface area contributed by atoms with E-state index in [1.807, 2.05) is 0 Å². The molecule has 28 heavy (non-hydrogen) atoms. The highest BCUT2D eigenvalue weighted by molar-refractivity contribution is 7.86. The van der Waals surface area contributed by atoms with E-state index in [9.17, 15) is 17.8 Å². The molecule has 1 amide bonds. The van der Waals surface area contributed by atoms with Crippen LogP contribution in [0.1, 0.15) is 5.56 Å². The van der Waals surface area contributed by atoms with Gasteiger partial charge in [0.05, 0.1) is 26.5 Å². The predicted octanol–water partition coefficient (Wildman–Crippen LogP) is -0.657. The number of carbonyl (C=O) groups is 1. The van der Waals surface area contributed by atoms with Crippen molar-refractivity contribution in [2.75, 3.05) is 27.3 Å². The number of rotatable bonds is 7. The van der Waals surface area contributed by atoms with Crippen molar-refractivity contribution in [1.29, 1.82) is 0 Å². The highest BCUT2D eigenvalue weighted by atomic mass is 35.5. The summed E-state index contributed by atoms with van der Waals surface area (Å²) in [5.74, 6) is -0.0123. The number of aliphatic imine (C=N–C) groups is 1. The fourth-order valence-electron chi connectivity index (χ4n) is 2.58. The Morgan fingerprint density at radius 2 is 2.00 bits per heavy atom. The van der Waals surface area contributed by atoms with Crippen molar-refractivity contribution in [3.05, 3.63) is 29.8 Å². The van der Waals surface area contributed by atoms with Crippen LogP contribution in [-0.2, 0) is 14.9 Å². The van der Waals surface area contributed by atoms with Gasteiger partial charge in [0.25, 0.3) is 0 Å². The molecule has 0 bridgehead atoms. The lowest BCUT2D eigenvalue weighted by atomic mass is 10.1. The fraction of sp³-hybridized carbons (Fsp3) is 0.333. The van der Waals surface area contributed by atoms with Gasteiger partial charge in [0.15, 0.2) is 5.96 Å². The molecule has 0 fully saturated rings. The zero-order valence-electron chi connectivity index (χ0n) is 15.2. The van der Waals surface area contributed by atoms with Crippen molar-refractivity contribution < 1.29 is 27.2 Å². The van der Waals surface area contributed by atoms with E-state index in [-0.39, 0.29) is 37.2 Å². The van der Waals surface area contributed by atoms with Crippen molar-refractivity contribution >= 4 is 40.1 Å². The Morgan fingerprint density at radius 1 is 1.32 bits per heavy atom. The molecule has 0 radical (unpaired) electrons. The molecule has 1 aliphatic heterocycles. The summed E-state index contributed by atoms with van der Waals surface area (Å²) in [4.78, 5) is 17.1. The third-order valence-corrected chi connectivity index (χ3v) is 4.66. The first kappa shape index (κ1) is 23.3. The number of methoxy groups -OCH3 is 2. The lowest BCUT2D eigenvalue weighted by Crippen LogP contribution is -2.55. The van der Waals surface area contributed by atoms with Gasteiger partial charge < -0.3 is 31.2 Å². The third-order valence-electron chi connectivity index (χ3n) is 3.73. The Morgan fingerprint density at radius 3 is 2.54 bits per heavy atom. The third kappa shape index (κ3) is 5.41. The van der Waals surface area contributed by atoms with E-state index in [4.69, 9.17) is 20.9 Å². The van der Waals surface area contributed by atoms with Gasteiger partial charge in [-0.3, -0.25) is 14.3 Å². The summed E-state index contributed by atoms with van der Waals surface area (Å²) in [5.41, 5.74) is 9.53. The Bertz CT molecular complexity index is 885. The maximum Gasteiger partial charge on any atom is 0.306 e. The number of nitrogens with two attached hydrogens (primary N) is 2. The number of nitrogens with zero attached hydrogens (tertiary/aromatic N) is 2. The van der Waals surface area contributed by atoms with Crippen molar-refractivity contribution in [2.45, 2.75) is 5.50 Å². The summed E-state index contributed by atoms with van der Waals surface area (Å²) < 4.78 is 43.6. The minimum absolute atomic E-state index is 0. The van der Waals surface area contributed by atoms with Gasteiger partial charge in [0.2, 0.25) is 11.4 Å². The van der Waals surface area contributed by atoms with Gasteiger partial charge >= 0.3 is 10.1 Å². The standard InChI is InChI=1S/C15H21N5O6S.ClH/c1-25-9-3-4-10(12(7-9)26-2)11-8-13(21)19-15(27(22,23)24)20(11)6-5-18-14(16)17;/h3-4,7-8,15H,5-6H2,1-2H3,(H,19,21)(H4,16,17,18)(H,22,23,24);1H. The first-order valence-electron chi connectivity index (χ1n) is 7.70. The second kappa shape index (κ2) is 9.48. The minimum Gasteiger partial charge on any atom is -0.497 e. The number of ether oxygens (including phenoxy) is 2. The van der Waals surface area contributed by atoms with Gasteiger partial charge in [-0.1, -0.05) is 0 Å². The quantitative estimate of drug-likeness (QED) is 0.246. The molecule has 11 nitrogen and oxygen atoms in total. The van der Waals surface area contributed by atoms with Gasteiger partial charge in [0.1, 0.15) is 11.5 Å². The van der Waals surface area contributed by atoms with Crippen molar-refractivity contribution in [2.24, 2.45) is 16.5 Å². The summed E-state index contributed by atoms with van der Waals surface area (Å²) in [6.45, 7) is 0.0175. The number of hydrogen-bond donors (Lipinski definition) is 4. The molecule has 1 aliphatic rings. The number of halogens is 1. The van der Waals surface area contributed by atoms with Crippen LogP contribution in [0.2, 0.25) is 0 Å². The Hall–Kier alpha value is -2.70. The van der Waals surface area contributed by atoms with E-state index in [0.29, 0.717) is 17.1 Å². The largest absolute Gasteiger partial charge is 0.497 e. The van der Waals surface area contributed by atoms with Crippen LogP contribution >= 0.6 is 12.4 Å². The second-order valence-corrected chi connectivity index (χ2v) is 6.95. The van der Waals surface area contributed by atoms with Crippen LogP contribution in [0.25, 0.3) is 5.70 Å². The Kier molecular flexibility index (Phi) is 7.90. The molecule has 0 aromatic heterocycles. The SMILES string of the molecule is COc1ccc(C2=CC(=O)NC(S(=O)(=O)O)N2CCN=C(N)N)c(OC)c1.Cl. The topological polar surface area (TPSA) is 170 Å². The predicted molar refractivity (Wildman–Crippen MR) is 106 cm³/mol. The van der Waals surface area contributed by atoms with Crippen molar-refractivity contribution in [3.63, 3.8) is 0 Å². The molecular weight excluding hydrogens is 414 g/mol. The molecule has 0 spiro atoms. The molecule has 6 N–H and O–H groups in total. The van der Waals surface area contributed by atoms with Crippen LogP contribution in [0.4, 0.5) is 0 Å². The fourth-order valence-corrected chi connectivity index (χ4v) is 3.38. The summed E-state index contributed by atoms with van der Waals surface area (Å²) in [7, 11) is -1.75. The van der Waals surface area contributed by atoms with Gasteiger partial charge in [-0.05, 0) is 12.1 Å². The molecule has 1 heterocycles. The normalized spacial score (nSPS) is 16.4. The summed E-state index contributed by atoms with van der Waals surface area (Å²) >= 11 is 0. The summed E-state index contributed by atoms with van der Waals surface area (Å²) in [5, 5.41) is 2.20. The molecule has 1 unspecified atom stereocenters. The molecule has 2 rings (SSSR count). The maximum absolute atomic E-state index is 12.0. The van der Waals surface area contributed by atoms with Crippen LogP contribution in [0.5, 0.6) is 11.5 Å². The smallest absolute Gasteiger partial charge is 0.306 e. The zero-order chi connectivity index (χ0) is 20.2. The first-order chi connectivity index (χ1) is 12.7. The number of carbonyl (C=O) groups excluding carboxylic acids is 1.